The van der Waals surface area contributed by atoms with E-state index in [2.05, 4.69) is 0 Å². The van der Waals surface area contributed by atoms with Gasteiger partial charge in [-0.3, -0.25) is 4.90 Å². The molecule has 0 aliphatic carbocycles. The fourth-order valence-corrected chi connectivity index (χ4v) is 1.87. The molecule has 0 aliphatic rings. The van der Waals surface area contributed by atoms with Gasteiger partial charge in [0.05, 0.1) is 12.6 Å². The molecule has 0 fully saturated rings. The smallest absolute Gasteiger partial charge is 0.371 e. The van der Waals surface area contributed by atoms with Gasteiger partial charge in [0.1, 0.15) is 5.76 Å². The predicted octanol–water partition coefficient (Wildman–Crippen LogP) is 1.74. The molecule has 1 aromatic rings. The standard InChI is InChI=1S/C12H19NO4/c1-8(2)13(6-7-14)9(3)10-4-5-11(17-10)12(15)16/h4-5,8-9,14H,6-7H2,1-3H3,(H,15,16). The van der Waals surface area contributed by atoms with Crippen LogP contribution in [0.1, 0.15) is 43.1 Å². The number of aromatic carboxylic acids is 1. The van der Waals surface area contributed by atoms with Gasteiger partial charge in [0.25, 0.3) is 0 Å². The second-order valence-electron chi connectivity index (χ2n) is 4.24. The maximum Gasteiger partial charge on any atom is 0.371 e. The summed E-state index contributed by atoms with van der Waals surface area (Å²) in [6.45, 7) is 6.57. The maximum atomic E-state index is 10.7. The van der Waals surface area contributed by atoms with E-state index in [-0.39, 0.29) is 24.5 Å². The Kier molecular flexibility index (Phi) is 4.72. The van der Waals surface area contributed by atoms with Gasteiger partial charge in [0, 0.05) is 12.6 Å². The number of nitrogens with zero attached hydrogens (tertiary/aromatic N) is 1. The SMILES string of the molecule is CC(C)N(CCO)C(C)c1ccc(C(=O)O)o1. The molecule has 1 atom stereocenters. The van der Waals surface area contributed by atoms with E-state index in [1.54, 1.807) is 6.07 Å². The minimum atomic E-state index is -1.07. The van der Waals surface area contributed by atoms with E-state index in [1.807, 2.05) is 25.7 Å². The van der Waals surface area contributed by atoms with E-state index in [1.165, 1.54) is 6.07 Å². The van der Waals surface area contributed by atoms with Gasteiger partial charge in [-0.2, -0.15) is 0 Å². The third-order valence-corrected chi connectivity index (χ3v) is 2.77. The fourth-order valence-electron chi connectivity index (χ4n) is 1.87. The number of furan rings is 1. The highest BCUT2D eigenvalue weighted by molar-refractivity contribution is 5.84. The predicted molar refractivity (Wildman–Crippen MR) is 63.0 cm³/mol. The zero-order valence-corrected chi connectivity index (χ0v) is 10.4. The van der Waals surface area contributed by atoms with E-state index in [0.29, 0.717) is 12.3 Å². The Morgan fingerprint density at radius 3 is 2.47 bits per heavy atom. The minimum Gasteiger partial charge on any atom is -0.475 e. The van der Waals surface area contributed by atoms with Crippen LogP contribution in [0.25, 0.3) is 0 Å². The van der Waals surface area contributed by atoms with Gasteiger partial charge in [0.15, 0.2) is 0 Å². The van der Waals surface area contributed by atoms with Crippen molar-refractivity contribution in [2.45, 2.75) is 32.9 Å². The molecule has 1 heterocycles. The normalized spacial score (nSPS) is 13.3. The van der Waals surface area contributed by atoms with E-state index in [0.717, 1.165) is 0 Å². The van der Waals surface area contributed by atoms with E-state index in [9.17, 15) is 4.79 Å². The number of aliphatic hydroxyl groups excluding tert-OH is 1. The molecule has 0 bridgehead atoms. The molecule has 0 saturated heterocycles. The fraction of sp³-hybridized carbons (Fsp3) is 0.583. The molecule has 2 N–H and O–H groups in total. The highest BCUT2D eigenvalue weighted by Crippen LogP contribution is 2.24. The van der Waals surface area contributed by atoms with Gasteiger partial charge in [-0.25, -0.2) is 4.79 Å². The molecular formula is C12H19NO4. The molecule has 5 nitrogen and oxygen atoms in total. The van der Waals surface area contributed by atoms with Crippen LogP contribution in [0.3, 0.4) is 0 Å². The van der Waals surface area contributed by atoms with Gasteiger partial charge < -0.3 is 14.6 Å². The Morgan fingerprint density at radius 2 is 2.06 bits per heavy atom. The largest absolute Gasteiger partial charge is 0.475 e. The van der Waals surface area contributed by atoms with Crippen molar-refractivity contribution in [1.29, 1.82) is 0 Å². The lowest BCUT2D eigenvalue weighted by Gasteiger charge is -2.30. The van der Waals surface area contributed by atoms with Gasteiger partial charge in [-0.15, -0.1) is 0 Å². The summed E-state index contributed by atoms with van der Waals surface area (Å²) >= 11 is 0. The number of hydrogen-bond acceptors (Lipinski definition) is 4. The number of rotatable bonds is 6. The topological polar surface area (TPSA) is 73.9 Å². The summed E-state index contributed by atoms with van der Waals surface area (Å²) in [5, 5.41) is 17.8. The molecule has 0 saturated carbocycles. The van der Waals surface area contributed by atoms with Crippen LogP contribution in [0.5, 0.6) is 0 Å². The van der Waals surface area contributed by atoms with Gasteiger partial charge in [-0.05, 0) is 32.9 Å². The van der Waals surface area contributed by atoms with Crippen molar-refractivity contribution in [3.8, 4) is 0 Å². The quantitative estimate of drug-likeness (QED) is 0.793. The first-order valence-electron chi connectivity index (χ1n) is 5.67. The van der Waals surface area contributed by atoms with Crippen molar-refractivity contribution in [2.75, 3.05) is 13.2 Å². The lowest BCUT2D eigenvalue weighted by Crippen LogP contribution is -2.35. The molecule has 5 heteroatoms. The molecule has 0 radical (unpaired) electrons. The molecule has 1 aromatic heterocycles. The van der Waals surface area contributed by atoms with Gasteiger partial charge in [-0.1, -0.05) is 0 Å². The summed E-state index contributed by atoms with van der Waals surface area (Å²) in [5.74, 6) is -0.522. The second-order valence-corrected chi connectivity index (χ2v) is 4.24. The average Bonchev–Trinajstić information content (AvgIpc) is 2.73. The number of carboxylic acid groups (broad SMARTS) is 1. The molecule has 1 unspecified atom stereocenters. The molecule has 0 aliphatic heterocycles. The van der Waals surface area contributed by atoms with Crippen molar-refractivity contribution in [3.63, 3.8) is 0 Å². The van der Waals surface area contributed by atoms with Crippen LogP contribution in [-0.4, -0.2) is 40.3 Å². The number of carboxylic acids is 1. The van der Waals surface area contributed by atoms with Gasteiger partial charge >= 0.3 is 5.97 Å². The number of aliphatic hydroxyl groups is 1. The van der Waals surface area contributed by atoms with Crippen molar-refractivity contribution in [2.24, 2.45) is 0 Å². The van der Waals surface area contributed by atoms with Crippen molar-refractivity contribution in [3.05, 3.63) is 23.7 Å². The minimum absolute atomic E-state index is 0.0560. The Labute approximate surface area is 101 Å². The first-order chi connectivity index (χ1) is 7.97. The molecular weight excluding hydrogens is 222 g/mol. The molecule has 0 amide bonds. The molecule has 17 heavy (non-hydrogen) atoms. The van der Waals surface area contributed by atoms with Crippen LogP contribution in [0.15, 0.2) is 16.5 Å². The molecule has 0 aromatic carbocycles. The van der Waals surface area contributed by atoms with Gasteiger partial charge in [0.2, 0.25) is 5.76 Å². The van der Waals surface area contributed by atoms with E-state index in [4.69, 9.17) is 14.6 Å². The van der Waals surface area contributed by atoms with Crippen LogP contribution in [-0.2, 0) is 0 Å². The monoisotopic (exact) mass is 241 g/mol. The first-order valence-corrected chi connectivity index (χ1v) is 5.67. The summed E-state index contributed by atoms with van der Waals surface area (Å²) in [5.41, 5.74) is 0. The third-order valence-electron chi connectivity index (χ3n) is 2.77. The van der Waals surface area contributed by atoms with Crippen LogP contribution < -0.4 is 0 Å². The Balaban J connectivity index is 2.85. The lowest BCUT2D eigenvalue weighted by molar-refractivity contribution is 0.0650. The van der Waals surface area contributed by atoms with Crippen molar-refractivity contribution >= 4 is 5.97 Å². The second kappa shape index (κ2) is 5.84. The maximum absolute atomic E-state index is 10.7. The molecule has 0 spiro atoms. The summed E-state index contributed by atoms with van der Waals surface area (Å²) in [6.07, 6.45) is 0. The first kappa shape index (κ1) is 13.7. The Hall–Kier alpha value is -1.33. The van der Waals surface area contributed by atoms with Crippen LogP contribution in [0.2, 0.25) is 0 Å². The van der Waals surface area contributed by atoms with Crippen LogP contribution in [0, 0.1) is 0 Å². The van der Waals surface area contributed by atoms with Crippen LogP contribution >= 0.6 is 0 Å². The summed E-state index contributed by atoms with van der Waals surface area (Å²) in [4.78, 5) is 12.8. The molecule has 1 rings (SSSR count). The Morgan fingerprint density at radius 1 is 1.41 bits per heavy atom. The Bertz CT molecular complexity index is 372. The van der Waals surface area contributed by atoms with Crippen molar-refractivity contribution < 1.29 is 19.4 Å². The van der Waals surface area contributed by atoms with Crippen molar-refractivity contribution in [1.82, 2.24) is 4.90 Å². The summed E-state index contributed by atoms with van der Waals surface area (Å²) < 4.78 is 5.26. The summed E-state index contributed by atoms with van der Waals surface area (Å²) in [6, 6.07) is 3.30. The lowest BCUT2D eigenvalue weighted by atomic mass is 10.1. The third kappa shape index (κ3) is 3.31. The van der Waals surface area contributed by atoms with Crippen LogP contribution in [0.4, 0.5) is 0 Å². The number of hydrogen-bond donors (Lipinski definition) is 2. The van der Waals surface area contributed by atoms with E-state index < -0.39 is 5.97 Å². The summed E-state index contributed by atoms with van der Waals surface area (Å²) in [7, 11) is 0. The van der Waals surface area contributed by atoms with E-state index >= 15 is 0 Å². The highest BCUT2D eigenvalue weighted by atomic mass is 16.4. The zero-order valence-electron chi connectivity index (χ0n) is 10.4. The number of carbonyl (C=O) groups is 1. The zero-order chi connectivity index (χ0) is 13.0. The average molecular weight is 241 g/mol. The molecule has 96 valence electrons. The highest BCUT2D eigenvalue weighted by Gasteiger charge is 2.22.